The fourth-order valence-electron chi connectivity index (χ4n) is 3.81. The normalized spacial score (nSPS) is 11.7. The van der Waals surface area contributed by atoms with Gasteiger partial charge in [-0.25, -0.2) is 9.37 Å². The van der Waals surface area contributed by atoms with Gasteiger partial charge in [-0.15, -0.1) is 0 Å². The van der Waals surface area contributed by atoms with Gasteiger partial charge in [-0.05, 0) is 39.6 Å². The van der Waals surface area contributed by atoms with Crippen LogP contribution in [0, 0.1) is 5.82 Å². The SMILES string of the molecule is Nc1ccc(CNC(=O)[C@H](Cc2cccc3ccccc23)NC(=O)Cc2ccccc2F)cn1. The third-order valence-electron chi connectivity index (χ3n) is 5.58. The molecule has 0 aliphatic heterocycles. The van der Waals surface area contributed by atoms with Crippen LogP contribution in [0.25, 0.3) is 10.8 Å². The minimum absolute atomic E-state index is 0.159. The van der Waals surface area contributed by atoms with Gasteiger partial charge in [0, 0.05) is 19.2 Å². The van der Waals surface area contributed by atoms with Gasteiger partial charge in [0.05, 0.1) is 6.42 Å². The molecule has 1 heterocycles. The van der Waals surface area contributed by atoms with Crippen molar-refractivity contribution in [3.63, 3.8) is 0 Å². The summed E-state index contributed by atoms with van der Waals surface area (Å²) in [5.74, 6) is -0.834. The highest BCUT2D eigenvalue weighted by Crippen LogP contribution is 2.20. The first kappa shape index (κ1) is 22.9. The number of halogens is 1. The first-order chi connectivity index (χ1) is 16.5. The van der Waals surface area contributed by atoms with E-state index in [1.54, 1.807) is 36.5 Å². The zero-order chi connectivity index (χ0) is 23.9. The molecule has 34 heavy (non-hydrogen) atoms. The molecule has 4 N–H and O–H groups in total. The highest BCUT2D eigenvalue weighted by molar-refractivity contribution is 5.90. The monoisotopic (exact) mass is 456 g/mol. The molecule has 3 aromatic carbocycles. The molecule has 1 aromatic heterocycles. The van der Waals surface area contributed by atoms with E-state index in [0.29, 0.717) is 5.82 Å². The van der Waals surface area contributed by atoms with Crippen molar-refractivity contribution in [1.82, 2.24) is 15.6 Å². The fourth-order valence-corrected chi connectivity index (χ4v) is 3.81. The highest BCUT2D eigenvalue weighted by Gasteiger charge is 2.22. The Morgan fingerprint density at radius 3 is 2.44 bits per heavy atom. The van der Waals surface area contributed by atoms with Gasteiger partial charge in [0.25, 0.3) is 0 Å². The van der Waals surface area contributed by atoms with Gasteiger partial charge in [-0.1, -0.05) is 66.7 Å². The third-order valence-corrected chi connectivity index (χ3v) is 5.58. The number of benzene rings is 3. The Morgan fingerprint density at radius 1 is 0.912 bits per heavy atom. The predicted molar refractivity (Wildman–Crippen MR) is 130 cm³/mol. The molecule has 0 fully saturated rings. The number of pyridine rings is 1. The second-order valence-corrected chi connectivity index (χ2v) is 8.04. The molecule has 0 bridgehead atoms. The number of nitrogens with zero attached hydrogens (tertiary/aromatic N) is 1. The number of amides is 2. The number of aromatic nitrogens is 1. The van der Waals surface area contributed by atoms with E-state index in [2.05, 4.69) is 15.6 Å². The number of nitrogens with two attached hydrogens (primary N) is 1. The number of hydrogen-bond donors (Lipinski definition) is 3. The van der Waals surface area contributed by atoms with Crippen molar-refractivity contribution in [2.45, 2.75) is 25.4 Å². The number of anilines is 1. The number of carbonyl (C=O) groups is 2. The van der Waals surface area contributed by atoms with Gasteiger partial charge >= 0.3 is 0 Å². The Kier molecular flexibility index (Phi) is 7.13. The predicted octanol–water partition coefficient (Wildman–Crippen LogP) is 3.54. The number of nitrogen functional groups attached to an aromatic ring is 1. The number of carbonyl (C=O) groups excluding carboxylic acids is 2. The van der Waals surface area contributed by atoms with Gasteiger partial charge in [0.2, 0.25) is 11.8 Å². The summed E-state index contributed by atoms with van der Waals surface area (Å²) in [5.41, 5.74) is 7.60. The molecule has 0 aliphatic rings. The van der Waals surface area contributed by atoms with Crippen molar-refractivity contribution in [3.8, 4) is 0 Å². The topological polar surface area (TPSA) is 97.1 Å². The second-order valence-electron chi connectivity index (χ2n) is 8.04. The molecule has 4 aromatic rings. The molecule has 4 rings (SSSR count). The van der Waals surface area contributed by atoms with Crippen LogP contribution in [-0.4, -0.2) is 22.8 Å². The van der Waals surface area contributed by atoms with Gasteiger partial charge in [-0.3, -0.25) is 9.59 Å². The van der Waals surface area contributed by atoms with Crippen LogP contribution in [0.5, 0.6) is 0 Å². The maximum Gasteiger partial charge on any atom is 0.243 e. The van der Waals surface area contributed by atoms with Crippen molar-refractivity contribution in [1.29, 1.82) is 0 Å². The highest BCUT2D eigenvalue weighted by atomic mass is 19.1. The standard InChI is InChI=1S/C27H25FN4O2/c28-23-11-4-2-7-21(23)15-26(33)32-24(27(34)31-17-18-12-13-25(29)30-16-18)14-20-9-5-8-19-6-1-3-10-22(19)20/h1-13,16,24H,14-15,17H2,(H2,29,30)(H,31,34)(H,32,33)/t24-/m0/s1. The Hall–Kier alpha value is -4.26. The average molecular weight is 457 g/mol. The van der Waals surface area contributed by atoms with E-state index in [0.717, 1.165) is 21.9 Å². The molecule has 1 atom stereocenters. The van der Waals surface area contributed by atoms with Gasteiger partial charge < -0.3 is 16.4 Å². The first-order valence-corrected chi connectivity index (χ1v) is 11.0. The van der Waals surface area contributed by atoms with Crippen LogP contribution < -0.4 is 16.4 Å². The molecule has 2 amide bonds. The largest absolute Gasteiger partial charge is 0.384 e. The Bertz CT molecular complexity index is 1300. The minimum atomic E-state index is -0.841. The fraction of sp³-hybridized carbons (Fsp3) is 0.148. The lowest BCUT2D eigenvalue weighted by atomic mass is 9.98. The lowest BCUT2D eigenvalue weighted by molar-refractivity contribution is -0.128. The van der Waals surface area contributed by atoms with Crippen molar-refractivity contribution >= 4 is 28.4 Å². The summed E-state index contributed by atoms with van der Waals surface area (Å²) in [4.78, 5) is 29.9. The van der Waals surface area contributed by atoms with Crippen LogP contribution in [0.2, 0.25) is 0 Å². The van der Waals surface area contributed by atoms with E-state index in [1.807, 2.05) is 42.5 Å². The zero-order valence-electron chi connectivity index (χ0n) is 18.5. The van der Waals surface area contributed by atoms with E-state index in [9.17, 15) is 14.0 Å². The molecule has 0 unspecified atom stereocenters. The molecule has 0 aliphatic carbocycles. The van der Waals surface area contributed by atoms with Crippen molar-refractivity contribution < 1.29 is 14.0 Å². The summed E-state index contributed by atoms with van der Waals surface area (Å²) >= 11 is 0. The lowest BCUT2D eigenvalue weighted by Crippen LogP contribution is -2.48. The smallest absolute Gasteiger partial charge is 0.243 e. The van der Waals surface area contributed by atoms with Crippen LogP contribution in [0.3, 0.4) is 0 Å². The summed E-state index contributed by atoms with van der Waals surface area (Å²) in [6.45, 7) is 0.237. The van der Waals surface area contributed by atoms with Crippen molar-refractivity contribution in [2.75, 3.05) is 5.73 Å². The Morgan fingerprint density at radius 2 is 1.65 bits per heavy atom. The summed E-state index contributed by atoms with van der Waals surface area (Å²) < 4.78 is 14.0. The van der Waals surface area contributed by atoms with Gasteiger partial charge in [0.1, 0.15) is 17.7 Å². The van der Waals surface area contributed by atoms with E-state index in [4.69, 9.17) is 5.73 Å². The van der Waals surface area contributed by atoms with E-state index < -0.39 is 17.8 Å². The third kappa shape index (κ3) is 5.75. The molecule has 0 spiro atoms. The van der Waals surface area contributed by atoms with Crippen LogP contribution in [0.15, 0.2) is 85.1 Å². The maximum atomic E-state index is 14.0. The summed E-state index contributed by atoms with van der Waals surface area (Å²) in [6.07, 6.45) is 1.72. The van der Waals surface area contributed by atoms with Crippen LogP contribution in [0.4, 0.5) is 10.2 Å². The number of hydrogen-bond acceptors (Lipinski definition) is 4. The molecule has 0 saturated heterocycles. The van der Waals surface area contributed by atoms with Crippen molar-refractivity contribution in [2.24, 2.45) is 0 Å². The van der Waals surface area contributed by atoms with E-state index in [-0.39, 0.29) is 30.9 Å². The molecule has 6 nitrogen and oxygen atoms in total. The molecule has 7 heteroatoms. The quantitative estimate of drug-likeness (QED) is 0.378. The molecule has 0 saturated carbocycles. The lowest BCUT2D eigenvalue weighted by Gasteiger charge is -2.20. The molecule has 172 valence electrons. The molecular weight excluding hydrogens is 431 g/mol. The maximum absolute atomic E-state index is 14.0. The molecular formula is C27H25FN4O2. The first-order valence-electron chi connectivity index (χ1n) is 11.0. The summed E-state index contributed by atoms with van der Waals surface area (Å²) in [6, 6.07) is 22.4. The van der Waals surface area contributed by atoms with E-state index >= 15 is 0 Å². The minimum Gasteiger partial charge on any atom is -0.384 e. The van der Waals surface area contributed by atoms with Crippen molar-refractivity contribution in [3.05, 3.63) is 108 Å². The Labute approximate surface area is 197 Å². The summed E-state index contributed by atoms with van der Waals surface area (Å²) in [7, 11) is 0. The van der Waals surface area contributed by atoms with Crippen LogP contribution in [0.1, 0.15) is 16.7 Å². The number of nitrogens with one attached hydrogen (secondary N) is 2. The van der Waals surface area contributed by atoms with Crippen LogP contribution >= 0.6 is 0 Å². The molecule has 0 radical (unpaired) electrons. The second kappa shape index (κ2) is 10.6. The van der Waals surface area contributed by atoms with Crippen LogP contribution in [-0.2, 0) is 29.0 Å². The number of fused-ring (bicyclic) bond motifs is 1. The summed E-state index contributed by atoms with van der Waals surface area (Å²) in [5, 5.41) is 7.71. The van der Waals surface area contributed by atoms with Gasteiger partial charge in [0.15, 0.2) is 0 Å². The Balaban J connectivity index is 1.53. The van der Waals surface area contributed by atoms with E-state index in [1.165, 1.54) is 6.07 Å². The zero-order valence-corrected chi connectivity index (χ0v) is 18.5. The average Bonchev–Trinajstić information content (AvgIpc) is 2.85. The number of rotatable bonds is 8. The van der Waals surface area contributed by atoms with Gasteiger partial charge in [-0.2, -0.15) is 0 Å².